The second kappa shape index (κ2) is 9.70. The lowest BCUT2D eigenvalue weighted by Crippen LogP contribution is -2.11. The van der Waals surface area contributed by atoms with Gasteiger partial charge in [0, 0.05) is 17.4 Å². The number of nitrogens with one attached hydrogen (secondary N) is 1. The van der Waals surface area contributed by atoms with Gasteiger partial charge in [0.2, 0.25) is 5.91 Å². The van der Waals surface area contributed by atoms with Gasteiger partial charge in [0.15, 0.2) is 0 Å². The molecule has 0 fully saturated rings. The van der Waals surface area contributed by atoms with Crippen molar-refractivity contribution in [2.75, 3.05) is 12.4 Å². The molecule has 0 spiro atoms. The Morgan fingerprint density at radius 2 is 1.81 bits per heavy atom. The van der Waals surface area contributed by atoms with Crippen molar-refractivity contribution in [1.82, 2.24) is 0 Å². The molecular weight excluding hydrogens is 358 g/mol. The fourth-order valence-electron chi connectivity index (χ4n) is 2.82. The zero-order chi connectivity index (χ0) is 20.0. The number of methoxy groups -OCH3 is 1. The van der Waals surface area contributed by atoms with Crippen LogP contribution in [0.4, 0.5) is 5.69 Å². The number of rotatable bonds is 8. The summed E-state index contributed by atoms with van der Waals surface area (Å²) in [4.78, 5) is 12.9. The lowest BCUT2D eigenvalue weighted by Gasteiger charge is -2.16. The largest absolute Gasteiger partial charge is 0.496 e. The summed E-state index contributed by atoms with van der Waals surface area (Å²) in [6.45, 7) is 10.3. The van der Waals surface area contributed by atoms with Gasteiger partial charge in [0.1, 0.15) is 17.2 Å². The zero-order valence-electron chi connectivity index (χ0n) is 17.0. The fraction of sp³-hybridized carbons (Fsp3) is 0.409. The molecule has 1 amide bonds. The Bertz CT molecular complexity index is 779. The molecule has 2 rings (SSSR count). The van der Waals surface area contributed by atoms with Crippen LogP contribution < -0.4 is 14.8 Å². The lowest BCUT2D eigenvalue weighted by atomic mass is 10.1. The molecular formula is C22H29NO3S. The van der Waals surface area contributed by atoms with Gasteiger partial charge >= 0.3 is 0 Å². The number of ether oxygens (including phenoxy) is 2. The maximum absolute atomic E-state index is 11.8. The number of amides is 1. The van der Waals surface area contributed by atoms with E-state index < -0.39 is 0 Å². The Labute approximate surface area is 166 Å². The molecule has 0 saturated carbocycles. The number of hydrogen-bond acceptors (Lipinski definition) is 4. The van der Waals surface area contributed by atoms with E-state index in [1.807, 2.05) is 51.1 Å². The summed E-state index contributed by atoms with van der Waals surface area (Å²) in [5.41, 5.74) is 2.77. The van der Waals surface area contributed by atoms with Crippen LogP contribution in [-0.2, 0) is 4.79 Å². The molecule has 0 aliphatic rings. The van der Waals surface area contributed by atoms with Gasteiger partial charge in [-0.3, -0.25) is 4.79 Å². The third-order valence-corrected chi connectivity index (χ3v) is 4.98. The van der Waals surface area contributed by atoms with Gasteiger partial charge in [0.05, 0.1) is 12.0 Å². The zero-order valence-corrected chi connectivity index (χ0v) is 17.8. The first kappa shape index (κ1) is 21.2. The van der Waals surface area contributed by atoms with Gasteiger partial charge in [-0.1, -0.05) is 20.8 Å². The van der Waals surface area contributed by atoms with Crippen molar-refractivity contribution >= 4 is 23.4 Å². The summed E-state index contributed by atoms with van der Waals surface area (Å²) in [7, 11) is 1.68. The Hall–Kier alpha value is -2.14. The van der Waals surface area contributed by atoms with Gasteiger partial charge in [-0.05, 0) is 61.7 Å². The molecule has 2 aromatic rings. The second-order valence-corrected chi connectivity index (χ2v) is 8.44. The monoisotopic (exact) mass is 387 g/mol. The van der Waals surface area contributed by atoms with E-state index in [2.05, 4.69) is 19.2 Å². The third kappa shape index (κ3) is 5.93. The molecule has 0 atom stereocenters. The van der Waals surface area contributed by atoms with Crippen LogP contribution in [0.5, 0.6) is 17.2 Å². The van der Waals surface area contributed by atoms with Crippen LogP contribution in [0.15, 0.2) is 35.2 Å². The van der Waals surface area contributed by atoms with E-state index in [0.29, 0.717) is 11.7 Å². The predicted molar refractivity (Wildman–Crippen MR) is 114 cm³/mol. The topological polar surface area (TPSA) is 47.6 Å². The summed E-state index contributed by atoms with van der Waals surface area (Å²) in [6.07, 6.45) is 1.36. The van der Waals surface area contributed by atoms with Gasteiger partial charge in [0.25, 0.3) is 0 Å². The molecule has 27 heavy (non-hydrogen) atoms. The minimum atomic E-state index is 0.0375. The summed E-state index contributed by atoms with van der Waals surface area (Å²) in [5.74, 6) is 2.47. The normalized spacial score (nSPS) is 10.8. The third-order valence-electron chi connectivity index (χ3n) is 3.94. The van der Waals surface area contributed by atoms with Gasteiger partial charge in [-0.25, -0.2) is 0 Å². The number of hydrogen-bond donors (Lipinski definition) is 1. The minimum absolute atomic E-state index is 0.0375. The van der Waals surface area contributed by atoms with Crippen LogP contribution in [-0.4, -0.2) is 18.3 Å². The molecule has 0 bridgehead atoms. The number of thioether (sulfide) groups is 1. The summed E-state index contributed by atoms with van der Waals surface area (Å²) in [6, 6.07) is 9.76. The Kier molecular flexibility index (Phi) is 7.60. The van der Waals surface area contributed by atoms with Crippen molar-refractivity contribution in [3.8, 4) is 17.2 Å². The van der Waals surface area contributed by atoms with Crippen molar-refractivity contribution in [2.24, 2.45) is 0 Å². The molecule has 1 N–H and O–H groups in total. The smallest absolute Gasteiger partial charge is 0.224 e. The number of anilines is 1. The molecule has 0 heterocycles. The first-order valence-corrected chi connectivity index (χ1v) is 10.2. The average molecular weight is 388 g/mol. The molecule has 0 aliphatic carbocycles. The SMILES string of the molecule is CCCC(=O)Nc1cc(C)c(Oc2ccc(OC)c(SC(C)C)c2)c(C)c1. The van der Waals surface area contributed by atoms with Crippen molar-refractivity contribution in [2.45, 2.75) is 57.6 Å². The molecule has 4 nitrogen and oxygen atoms in total. The van der Waals surface area contributed by atoms with E-state index in [4.69, 9.17) is 9.47 Å². The molecule has 0 aliphatic heterocycles. The van der Waals surface area contributed by atoms with Crippen molar-refractivity contribution in [1.29, 1.82) is 0 Å². The van der Waals surface area contributed by atoms with E-state index in [0.717, 1.165) is 45.4 Å². The summed E-state index contributed by atoms with van der Waals surface area (Å²) < 4.78 is 11.6. The maximum Gasteiger partial charge on any atom is 0.224 e. The van der Waals surface area contributed by atoms with Crippen LogP contribution in [0.1, 0.15) is 44.7 Å². The Morgan fingerprint density at radius 3 is 2.37 bits per heavy atom. The number of aryl methyl sites for hydroxylation is 2. The maximum atomic E-state index is 11.8. The molecule has 0 radical (unpaired) electrons. The van der Waals surface area contributed by atoms with Gasteiger partial charge < -0.3 is 14.8 Å². The highest BCUT2D eigenvalue weighted by Gasteiger charge is 2.12. The predicted octanol–water partition coefficient (Wildman–Crippen LogP) is 6.34. The highest BCUT2D eigenvalue weighted by atomic mass is 32.2. The number of carbonyl (C=O) groups is 1. The molecule has 0 saturated heterocycles. The van der Waals surface area contributed by atoms with Gasteiger partial charge in [-0.2, -0.15) is 0 Å². The fourth-order valence-corrected chi connectivity index (χ4v) is 3.78. The first-order chi connectivity index (χ1) is 12.8. The number of benzene rings is 2. The van der Waals surface area contributed by atoms with Crippen molar-refractivity contribution in [3.63, 3.8) is 0 Å². The van der Waals surface area contributed by atoms with E-state index >= 15 is 0 Å². The van der Waals surface area contributed by atoms with E-state index in [-0.39, 0.29) is 5.91 Å². The van der Waals surface area contributed by atoms with Crippen LogP contribution in [0.25, 0.3) is 0 Å². The molecule has 5 heteroatoms. The quantitative estimate of drug-likeness (QED) is 0.537. The Morgan fingerprint density at radius 1 is 1.15 bits per heavy atom. The van der Waals surface area contributed by atoms with Crippen molar-refractivity contribution in [3.05, 3.63) is 41.5 Å². The molecule has 146 valence electrons. The standard InChI is InChI=1S/C22H29NO3S/c1-7-8-21(24)23-17-11-15(4)22(16(5)12-17)26-18-9-10-19(25-6)20(13-18)27-14(2)3/h9-14H,7-8H2,1-6H3,(H,23,24). The summed E-state index contributed by atoms with van der Waals surface area (Å²) in [5, 5.41) is 3.39. The average Bonchev–Trinajstić information content (AvgIpc) is 2.58. The Balaban J connectivity index is 2.25. The van der Waals surface area contributed by atoms with Crippen LogP contribution in [0, 0.1) is 13.8 Å². The van der Waals surface area contributed by atoms with E-state index in [9.17, 15) is 4.79 Å². The van der Waals surface area contributed by atoms with Crippen LogP contribution in [0.2, 0.25) is 0 Å². The van der Waals surface area contributed by atoms with Crippen LogP contribution >= 0.6 is 11.8 Å². The highest BCUT2D eigenvalue weighted by Crippen LogP contribution is 2.38. The minimum Gasteiger partial charge on any atom is -0.496 e. The highest BCUT2D eigenvalue weighted by molar-refractivity contribution is 8.00. The number of carbonyl (C=O) groups excluding carboxylic acids is 1. The first-order valence-electron chi connectivity index (χ1n) is 9.27. The molecule has 0 unspecified atom stereocenters. The summed E-state index contributed by atoms with van der Waals surface area (Å²) >= 11 is 1.74. The molecule has 2 aromatic carbocycles. The van der Waals surface area contributed by atoms with Crippen LogP contribution in [0.3, 0.4) is 0 Å². The van der Waals surface area contributed by atoms with Crippen molar-refractivity contribution < 1.29 is 14.3 Å². The van der Waals surface area contributed by atoms with E-state index in [1.54, 1.807) is 18.9 Å². The van der Waals surface area contributed by atoms with E-state index in [1.165, 1.54) is 0 Å². The van der Waals surface area contributed by atoms with Gasteiger partial charge in [-0.15, -0.1) is 11.8 Å². The second-order valence-electron chi connectivity index (χ2n) is 6.82. The molecule has 0 aromatic heterocycles. The lowest BCUT2D eigenvalue weighted by molar-refractivity contribution is -0.116.